The van der Waals surface area contributed by atoms with Gasteiger partial charge in [-0.1, -0.05) is 12.1 Å². The molecule has 0 bridgehead atoms. The Morgan fingerprint density at radius 3 is 2.35 bits per heavy atom. The molecular formula is C18H14F2O3. The van der Waals surface area contributed by atoms with Crippen LogP contribution in [-0.2, 0) is 17.6 Å². The summed E-state index contributed by atoms with van der Waals surface area (Å²) < 4.78 is 31.0. The van der Waals surface area contributed by atoms with Crippen LogP contribution >= 0.6 is 0 Å². The molecule has 5 heteroatoms. The van der Waals surface area contributed by atoms with Crippen LogP contribution in [0.5, 0.6) is 0 Å². The van der Waals surface area contributed by atoms with Gasteiger partial charge in [0.05, 0.1) is 5.56 Å². The van der Waals surface area contributed by atoms with Gasteiger partial charge in [-0.05, 0) is 48.6 Å². The average Bonchev–Trinajstić information content (AvgIpc) is 2.98. The van der Waals surface area contributed by atoms with Gasteiger partial charge in [0.2, 0.25) is 0 Å². The highest BCUT2D eigenvalue weighted by molar-refractivity contribution is 5.99. The first-order chi connectivity index (χ1) is 11.0. The fourth-order valence-corrected chi connectivity index (χ4v) is 2.71. The molecule has 0 saturated carbocycles. The van der Waals surface area contributed by atoms with Crippen LogP contribution in [0.3, 0.4) is 0 Å². The summed E-state index contributed by atoms with van der Waals surface area (Å²) in [6.45, 7) is -0.463. The zero-order valence-corrected chi connectivity index (χ0v) is 12.3. The minimum Gasteiger partial charge on any atom is -0.454 e. The molecule has 0 unspecified atom stereocenters. The summed E-state index contributed by atoms with van der Waals surface area (Å²) in [4.78, 5) is 23.9. The first-order valence-corrected chi connectivity index (χ1v) is 7.31. The molecule has 0 aromatic heterocycles. The Morgan fingerprint density at radius 2 is 1.61 bits per heavy atom. The van der Waals surface area contributed by atoms with Crippen molar-refractivity contribution in [2.45, 2.75) is 19.3 Å². The maximum Gasteiger partial charge on any atom is 0.338 e. The van der Waals surface area contributed by atoms with Crippen LogP contribution < -0.4 is 0 Å². The molecular weight excluding hydrogens is 302 g/mol. The third-order valence-electron chi connectivity index (χ3n) is 3.85. The van der Waals surface area contributed by atoms with Crippen molar-refractivity contribution in [3.05, 3.63) is 70.3 Å². The zero-order chi connectivity index (χ0) is 16.4. The van der Waals surface area contributed by atoms with E-state index in [9.17, 15) is 18.4 Å². The first kappa shape index (κ1) is 15.3. The van der Waals surface area contributed by atoms with Gasteiger partial charge in [0.25, 0.3) is 0 Å². The molecule has 3 rings (SSSR count). The van der Waals surface area contributed by atoms with E-state index in [1.807, 2.05) is 12.1 Å². The normalized spacial score (nSPS) is 12.8. The zero-order valence-electron chi connectivity index (χ0n) is 12.3. The van der Waals surface area contributed by atoms with Gasteiger partial charge in [-0.2, -0.15) is 0 Å². The molecule has 0 amide bonds. The number of carbonyl (C=O) groups excluding carboxylic acids is 2. The fourth-order valence-electron chi connectivity index (χ4n) is 2.71. The van der Waals surface area contributed by atoms with Crippen LogP contribution in [0.25, 0.3) is 0 Å². The lowest BCUT2D eigenvalue weighted by molar-refractivity contribution is 0.0474. The van der Waals surface area contributed by atoms with Crippen LogP contribution in [0.2, 0.25) is 0 Å². The Morgan fingerprint density at radius 1 is 0.913 bits per heavy atom. The summed E-state index contributed by atoms with van der Waals surface area (Å²) in [7, 11) is 0. The molecule has 118 valence electrons. The average molecular weight is 316 g/mol. The number of halogens is 2. The van der Waals surface area contributed by atoms with Crippen LogP contribution in [0.15, 0.2) is 36.4 Å². The molecule has 2 aromatic rings. The molecule has 1 aliphatic carbocycles. The molecule has 0 atom stereocenters. The molecule has 0 saturated heterocycles. The van der Waals surface area contributed by atoms with Gasteiger partial charge in [-0.3, -0.25) is 4.79 Å². The third-order valence-corrected chi connectivity index (χ3v) is 3.85. The van der Waals surface area contributed by atoms with E-state index in [1.54, 1.807) is 6.07 Å². The lowest BCUT2D eigenvalue weighted by Crippen LogP contribution is -2.15. The SMILES string of the molecule is O=C(COC(=O)c1cc(F)cc(F)c1)c1ccc2c(c1)CCC2. The highest BCUT2D eigenvalue weighted by atomic mass is 19.1. The molecule has 0 spiro atoms. The summed E-state index contributed by atoms with van der Waals surface area (Å²) >= 11 is 0. The van der Waals surface area contributed by atoms with E-state index < -0.39 is 24.2 Å². The number of rotatable bonds is 4. The Labute approximate surface area is 131 Å². The Hall–Kier alpha value is -2.56. The second-order valence-corrected chi connectivity index (χ2v) is 5.49. The number of Topliss-reactive ketones (excluding diaryl/α,β-unsaturated/α-hetero) is 1. The maximum absolute atomic E-state index is 13.1. The molecule has 0 radical (unpaired) electrons. The first-order valence-electron chi connectivity index (χ1n) is 7.31. The summed E-state index contributed by atoms with van der Waals surface area (Å²) in [5.41, 5.74) is 2.61. The summed E-state index contributed by atoms with van der Waals surface area (Å²) in [5, 5.41) is 0. The van der Waals surface area contributed by atoms with E-state index in [1.165, 1.54) is 5.56 Å². The summed E-state index contributed by atoms with van der Waals surface area (Å²) in [5.74, 6) is -3.02. The number of esters is 1. The topological polar surface area (TPSA) is 43.4 Å². The van der Waals surface area contributed by atoms with Crippen molar-refractivity contribution in [1.29, 1.82) is 0 Å². The molecule has 2 aromatic carbocycles. The molecule has 0 N–H and O–H groups in total. The number of fused-ring (bicyclic) bond motifs is 1. The molecule has 0 aliphatic heterocycles. The Kier molecular flexibility index (Phi) is 4.19. The minimum atomic E-state index is -0.932. The van der Waals surface area contributed by atoms with Gasteiger partial charge >= 0.3 is 5.97 Å². The van der Waals surface area contributed by atoms with Gasteiger partial charge < -0.3 is 4.74 Å². The molecule has 3 nitrogen and oxygen atoms in total. The van der Waals surface area contributed by atoms with Crippen LogP contribution in [-0.4, -0.2) is 18.4 Å². The molecule has 0 heterocycles. The number of ether oxygens (including phenoxy) is 1. The Bertz CT molecular complexity index is 764. The monoisotopic (exact) mass is 316 g/mol. The van der Waals surface area contributed by atoms with Crippen molar-refractivity contribution in [1.82, 2.24) is 0 Å². The van der Waals surface area contributed by atoms with Gasteiger partial charge in [-0.25, -0.2) is 13.6 Å². The van der Waals surface area contributed by atoms with E-state index in [4.69, 9.17) is 4.74 Å². The fraction of sp³-hybridized carbons (Fsp3) is 0.222. The number of ketones is 1. The van der Waals surface area contributed by atoms with Crippen LogP contribution in [0.4, 0.5) is 8.78 Å². The third kappa shape index (κ3) is 3.44. The van der Waals surface area contributed by atoms with E-state index in [0.717, 1.165) is 37.0 Å². The van der Waals surface area contributed by atoms with Crippen molar-refractivity contribution in [3.63, 3.8) is 0 Å². The quantitative estimate of drug-likeness (QED) is 0.640. The standard InChI is InChI=1S/C18H14F2O3/c19-15-7-14(8-16(20)9-15)18(22)23-10-17(21)13-5-4-11-2-1-3-12(11)6-13/h4-9H,1-3,10H2. The highest BCUT2D eigenvalue weighted by Crippen LogP contribution is 2.23. The lowest BCUT2D eigenvalue weighted by atomic mass is 10.0. The van der Waals surface area contributed by atoms with Gasteiger partial charge in [0.15, 0.2) is 12.4 Å². The smallest absolute Gasteiger partial charge is 0.338 e. The Balaban J connectivity index is 1.65. The summed E-state index contributed by atoms with van der Waals surface area (Å²) in [6, 6.07) is 7.84. The predicted molar refractivity (Wildman–Crippen MR) is 79.4 cm³/mol. The summed E-state index contributed by atoms with van der Waals surface area (Å²) in [6.07, 6.45) is 3.04. The van der Waals surface area contributed by atoms with E-state index in [-0.39, 0.29) is 11.3 Å². The van der Waals surface area contributed by atoms with Crippen molar-refractivity contribution < 1.29 is 23.1 Å². The maximum atomic E-state index is 13.1. The number of hydrogen-bond acceptors (Lipinski definition) is 3. The molecule has 23 heavy (non-hydrogen) atoms. The van der Waals surface area contributed by atoms with Crippen molar-refractivity contribution in [3.8, 4) is 0 Å². The van der Waals surface area contributed by atoms with Gasteiger partial charge in [-0.15, -0.1) is 0 Å². The molecule has 1 aliphatic rings. The van der Waals surface area contributed by atoms with E-state index >= 15 is 0 Å². The molecule has 0 fully saturated rings. The highest BCUT2D eigenvalue weighted by Gasteiger charge is 2.16. The predicted octanol–water partition coefficient (Wildman–Crippen LogP) is 3.49. The van der Waals surface area contributed by atoms with Gasteiger partial charge in [0.1, 0.15) is 11.6 Å². The van der Waals surface area contributed by atoms with Crippen molar-refractivity contribution in [2.24, 2.45) is 0 Å². The minimum absolute atomic E-state index is 0.260. The van der Waals surface area contributed by atoms with Crippen LogP contribution in [0.1, 0.15) is 38.3 Å². The number of hydrogen-bond donors (Lipinski definition) is 0. The number of aryl methyl sites for hydroxylation is 2. The number of benzene rings is 2. The second kappa shape index (κ2) is 6.28. The van der Waals surface area contributed by atoms with Crippen LogP contribution in [0, 0.1) is 11.6 Å². The second-order valence-electron chi connectivity index (χ2n) is 5.49. The lowest BCUT2D eigenvalue weighted by Gasteiger charge is -2.06. The van der Waals surface area contributed by atoms with E-state index in [2.05, 4.69) is 0 Å². The number of carbonyl (C=O) groups is 2. The van der Waals surface area contributed by atoms with E-state index in [0.29, 0.717) is 11.6 Å². The largest absolute Gasteiger partial charge is 0.454 e. The van der Waals surface area contributed by atoms with Crippen molar-refractivity contribution >= 4 is 11.8 Å². The van der Waals surface area contributed by atoms with Gasteiger partial charge in [0, 0.05) is 11.6 Å². The van der Waals surface area contributed by atoms with Crippen molar-refractivity contribution in [2.75, 3.05) is 6.61 Å².